The Morgan fingerprint density at radius 2 is 1.56 bits per heavy atom. The molecule has 2 aliphatic heterocycles. The lowest BCUT2D eigenvalue weighted by molar-refractivity contribution is -0.149. The molecule has 2 aromatic carbocycles. The number of piperidine rings is 1. The van der Waals surface area contributed by atoms with E-state index in [4.69, 9.17) is 4.74 Å². The standard InChI is InChI=1S/C22H13F5N2O7/c1-28-11(30)6-5-9(21(28)33)29-20(32)8-3-2-4-10(13(8)22(29)34)35-7-12(31)36-19-17(26)15(24)14(23)16(25)18(19)27/h2-4,9H,5-7H2,1H3. The molecule has 2 heterocycles. The second-order valence-electron chi connectivity index (χ2n) is 7.67. The first-order valence-electron chi connectivity index (χ1n) is 10.1. The van der Waals surface area contributed by atoms with Crippen molar-refractivity contribution in [3.05, 3.63) is 58.4 Å². The third-order valence-electron chi connectivity index (χ3n) is 5.57. The summed E-state index contributed by atoms with van der Waals surface area (Å²) in [6, 6.07) is 2.43. The largest absolute Gasteiger partial charge is 0.481 e. The Morgan fingerprint density at radius 3 is 2.19 bits per heavy atom. The third-order valence-corrected chi connectivity index (χ3v) is 5.57. The van der Waals surface area contributed by atoms with Crippen LogP contribution in [0, 0.1) is 29.1 Å². The number of likely N-dealkylation sites (N-methyl/N-ethyl adjacent to an activating group) is 1. The summed E-state index contributed by atoms with van der Waals surface area (Å²) in [5.74, 6) is -18.7. The van der Waals surface area contributed by atoms with Gasteiger partial charge in [-0.25, -0.2) is 18.0 Å². The number of esters is 1. The van der Waals surface area contributed by atoms with Crippen LogP contribution in [0.25, 0.3) is 0 Å². The molecule has 0 aromatic heterocycles. The van der Waals surface area contributed by atoms with Gasteiger partial charge in [0.1, 0.15) is 11.8 Å². The first-order chi connectivity index (χ1) is 17.0. The summed E-state index contributed by atoms with van der Waals surface area (Å²) in [7, 11) is 1.21. The van der Waals surface area contributed by atoms with Gasteiger partial charge in [0.15, 0.2) is 6.61 Å². The van der Waals surface area contributed by atoms with Crippen LogP contribution < -0.4 is 9.47 Å². The zero-order chi connectivity index (χ0) is 26.5. The second-order valence-corrected chi connectivity index (χ2v) is 7.67. The molecule has 2 aromatic rings. The molecule has 2 aliphatic rings. The molecule has 0 radical (unpaired) electrons. The zero-order valence-corrected chi connectivity index (χ0v) is 18.1. The number of benzene rings is 2. The quantitative estimate of drug-likeness (QED) is 0.151. The molecule has 0 bridgehead atoms. The van der Waals surface area contributed by atoms with Crippen LogP contribution in [-0.2, 0) is 14.4 Å². The molecule has 1 unspecified atom stereocenters. The van der Waals surface area contributed by atoms with Gasteiger partial charge in [0.05, 0.1) is 11.1 Å². The maximum Gasteiger partial charge on any atom is 0.349 e. The average molecular weight is 512 g/mol. The lowest BCUT2D eigenvalue weighted by Gasteiger charge is -2.32. The maximum absolute atomic E-state index is 13.7. The summed E-state index contributed by atoms with van der Waals surface area (Å²) in [5, 5.41) is 0. The normalized spacial score (nSPS) is 17.6. The Labute approximate surface area is 198 Å². The highest BCUT2D eigenvalue weighted by Gasteiger charge is 2.47. The number of imide groups is 2. The predicted octanol–water partition coefficient (Wildman–Crippen LogP) is 2.11. The number of hydrogen-bond acceptors (Lipinski definition) is 7. The summed E-state index contributed by atoms with van der Waals surface area (Å²) >= 11 is 0. The third kappa shape index (κ3) is 3.83. The van der Waals surface area contributed by atoms with E-state index in [1.165, 1.54) is 19.2 Å². The minimum absolute atomic E-state index is 0.0901. The number of amides is 4. The van der Waals surface area contributed by atoms with E-state index in [2.05, 4.69) is 4.74 Å². The van der Waals surface area contributed by atoms with Gasteiger partial charge < -0.3 is 9.47 Å². The van der Waals surface area contributed by atoms with E-state index in [0.717, 1.165) is 11.0 Å². The summed E-state index contributed by atoms with van der Waals surface area (Å²) in [5.41, 5.74) is -0.517. The van der Waals surface area contributed by atoms with E-state index in [1.54, 1.807) is 0 Å². The van der Waals surface area contributed by atoms with E-state index in [-0.39, 0.29) is 29.7 Å². The zero-order valence-electron chi connectivity index (χ0n) is 18.1. The van der Waals surface area contributed by atoms with Crippen molar-refractivity contribution in [1.82, 2.24) is 9.80 Å². The van der Waals surface area contributed by atoms with Crippen LogP contribution in [0.15, 0.2) is 18.2 Å². The molecule has 0 saturated carbocycles. The molecule has 0 spiro atoms. The van der Waals surface area contributed by atoms with Crippen LogP contribution in [0.2, 0.25) is 0 Å². The molecule has 4 rings (SSSR count). The van der Waals surface area contributed by atoms with Gasteiger partial charge in [-0.1, -0.05) is 6.07 Å². The van der Waals surface area contributed by atoms with Gasteiger partial charge in [0.25, 0.3) is 17.7 Å². The Kier molecular flexibility index (Phi) is 6.20. The van der Waals surface area contributed by atoms with Crippen molar-refractivity contribution in [1.29, 1.82) is 0 Å². The molecule has 36 heavy (non-hydrogen) atoms. The molecule has 188 valence electrons. The van der Waals surface area contributed by atoms with Crippen LogP contribution >= 0.6 is 0 Å². The van der Waals surface area contributed by atoms with E-state index in [9.17, 15) is 45.9 Å². The van der Waals surface area contributed by atoms with Crippen LogP contribution in [-0.4, -0.2) is 59.1 Å². The summed E-state index contributed by atoms with van der Waals surface area (Å²) in [4.78, 5) is 63.6. The van der Waals surface area contributed by atoms with Crippen LogP contribution in [0.4, 0.5) is 22.0 Å². The fourth-order valence-corrected chi connectivity index (χ4v) is 3.77. The number of carbonyl (C=O) groups is 5. The number of hydrogen-bond donors (Lipinski definition) is 0. The molecule has 9 nitrogen and oxygen atoms in total. The minimum Gasteiger partial charge on any atom is -0.481 e. The van der Waals surface area contributed by atoms with Gasteiger partial charge >= 0.3 is 5.97 Å². The first kappa shape index (κ1) is 24.8. The number of fused-ring (bicyclic) bond motifs is 1. The average Bonchev–Trinajstić information content (AvgIpc) is 3.12. The monoisotopic (exact) mass is 512 g/mol. The molecule has 1 atom stereocenters. The first-order valence-corrected chi connectivity index (χ1v) is 10.1. The highest BCUT2D eigenvalue weighted by atomic mass is 19.2. The Morgan fingerprint density at radius 1 is 0.944 bits per heavy atom. The van der Waals surface area contributed by atoms with Crippen molar-refractivity contribution >= 4 is 29.6 Å². The number of halogens is 5. The van der Waals surface area contributed by atoms with Gasteiger partial charge in [-0.2, -0.15) is 8.78 Å². The number of likely N-dealkylation sites (tertiary alicyclic amines) is 1. The predicted molar refractivity (Wildman–Crippen MR) is 105 cm³/mol. The molecular formula is C22H13F5N2O7. The van der Waals surface area contributed by atoms with Crippen LogP contribution in [0.1, 0.15) is 33.6 Å². The molecular weight excluding hydrogens is 499 g/mol. The van der Waals surface area contributed by atoms with E-state index >= 15 is 0 Å². The van der Waals surface area contributed by atoms with E-state index in [1.807, 2.05) is 0 Å². The van der Waals surface area contributed by atoms with Gasteiger partial charge in [-0.15, -0.1) is 0 Å². The lowest BCUT2D eigenvalue weighted by atomic mass is 10.0. The fourth-order valence-electron chi connectivity index (χ4n) is 3.77. The van der Waals surface area contributed by atoms with Crippen LogP contribution in [0.5, 0.6) is 11.5 Å². The summed E-state index contributed by atoms with van der Waals surface area (Å²) in [6.07, 6.45) is -0.189. The van der Waals surface area contributed by atoms with Crippen molar-refractivity contribution in [2.75, 3.05) is 13.7 Å². The molecule has 4 amide bonds. The van der Waals surface area contributed by atoms with Crippen LogP contribution in [0.3, 0.4) is 0 Å². The lowest BCUT2D eigenvalue weighted by Crippen LogP contribution is -2.54. The molecule has 14 heteroatoms. The fraction of sp³-hybridized carbons (Fsp3) is 0.227. The Bertz CT molecular complexity index is 1330. The van der Waals surface area contributed by atoms with Crippen molar-refractivity contribution < 1.29 is 55.4 Å². The molecule has 0 N–H and O–H groups in total. The van der Waals surface area contributed by atoms with Crippen molar-refractivity contribution in [2.24, 2.45) is 0 Å². The number of rotatable bonds is 5. The Balaban J connectivity index is 1.54. The number of ether oxygens (including phenoxy) is 2. The van der Waals surface area contributed by atoms with Gasteiger partial charge in [0.2, 0.25) is 40.7 Å². The van der Waals surface area contributed by atoms with Crippen molar-refractivity contribution in [3.8, 4) is 11.5 Å². The number of nitrogens with zero attached hydrogens (tertiary/aromatic N) is 2. The minimum atomic E-state index is -2.44. The highest BCUT2D eigenvalue weighted by molar-refractivity contribution is 6.24. The van der Waals surface area contributed by atoms with Gasteiger partial charge in [-0.3, -0.25) is 29.0 Å². The summed E-state index contributed by atoms with van der Waals surface area (Å²) < 4.78 is 76.5. The van der Waals surface area contributed by atoms with Crippen molar-refractivity contribution in [3.63, 3.8) is 0 Å². The van der Waals surface area contributed by atoms with Crippen molar-refractivity contribution in [2.45, 2.75) is 18.9 Å². The summed E-state index contributed by atoms with van der Waals surface area (Å²) in [6.45, 7) is -1.16. The van der Waals surface area contributed by atoms with E-state index in [0.29, 0.717) is 4.90 Å². The van der Waals surface area contributed by atoms with E-state index < -0.39 is 77.1 Å². The topological polar surface area (TPSA) is 110 Å². The second kappa shape index (κ2) is 9.02. The van der Waals surface area contributed by atoms with Gasteiger partial charge in [0, 0.05) is 13.5 Å². The smallest absolute Gasteiger partial charge is 0.349 e. The molecule has 1 saturated heterocycles. The SMILES string of the molecule is CN1C(=O)CCC(N2C(=O)c3cccc(OCC(=O)Oc4c(F)c(F)c(F)c(F)c4F)c3C2=O)C1=O. The molecule has 1 fully saturated rings. The number of carbonyl (C=O) groups excluding carboxylic acids is 5. The Hall–Kier alpha value is -4.36. The molecule has 0 aliphatic carbocycles. The van der Waals surface area contributed by atoms with Gasteiger partial charge in [-0.05, 0) is 18.6 Å². The maximum atomic E-state index is 13.7. The highest BCUT2D eigenvalue weighted by Crippen LogP contribution is 2.34.